The number of hydrogen-bond acceptors (Lipinski definition) is 4. The van der Waals surface area contributed by atoms with Crippen LogP contribution in [0.15, 0.2) is 0 Å². The number of unbranched alkanes of at least 4 members (excludes halogenated alkanes) is 2. The minimum atomic E-state index is -1.20. The van der Waals surface area contributed by atoms with Gasteiger partial charge in [-0.15, -0.1) is 0 Å². The number of rotatable bonds is 10. The summed E-state index contributed by atoms with van der Waals surface area (Å²) in [5.74, 6) is -2.58. The summed E-state index contributed by atoms with van der Waals surface area (Å²) >= 11 is 0. The Morgan fingerprint density at radius 3 is 2.30 bits per heavy atom. The lowest BCUT2D eigenvalue weighted by molar-refractivity contribution is -0.140. The van der Waals surface area contributed by atoms with Crippen LogP contribution in [0.4, 0.5) is 0 Å². The third-order valence-electron chi connectivity index (χ3n) is 2.51. The fourth-order valence-electron chi connectivity index (χ4n) is 1.52. The Balaban J connectivity index is 3.82. The molecule has 1 atom stereocenters. The van der Waals surface area contributed by atoms with Gasteiger partial charge in [0.1, 0.15) is 6.04 Å². The van der Waals surface area contributed by atoms with E-state index in [0.29, 0.717) is 13.0 Å². The van der Waals surface area contributed by atoms with Gasteiger partial charge < -0.3 is 21.5 Å². The van der Waals surface area contributed by atoms with Gasteiger partial charge in [-0.2, -0.15) is 0 Å². The maximum Gasteiger partial charge on any atom is 0.305 e. The van der Waals surface area contributed by atoms with Gasteiger partial charge >= 0.3 is 5.97 Å². The van der Waals surface area contributed by atoms with E-state index in [0.717, 1.165) is 12.8 Å². The molecule has 0 spiro atoms. The normalized spacial score (nSPS) is 11.4. The monoisotopic (exact) mass is 287 g/mol. The van der Waals surface area contributed by atoms with Crippen molar-refractivity contribution in [3.63, 3.8) is 0 Å². The van der Waals surface area contributed by atoms with Crippen molar-refractivity contribution >= 4 is 23.7 Å². The lowest BCUT2D eigenvalue weighted by atomic mass is 10.1. The Bertz CT molecular complexity index is 370. The molecule has 0 bridgehead atoms. The Morgan fingerprint density at radius 1 is 1.15 bits per heavy atom. The molecule has 20 heavy (non-hydrogen) atoms. The van der Waals surface area contributed by atoms with Gasteiger partial charge in [0, 0.05) is 19.9 Å². The van der Waals surface area contributed by atoms with Gasteiger partial charge in [-0.25, -0.2) is 0 Å². The first-order valence-electron chi connectivity index (χ1n) is 6.38. The molecule has 0 rings (SSSR count). The summed E-state index contributed by atoms with van der Waals surface area (Å²) in [6.07, 6.45) is 1.74. The quantitative estimate of drug-likeness (QED) is 0.387. The van der Waals surface area contributed by atoms with E-state index < -0.39 is 30.2 Å². The predicted octanol–water partition coefficient (Wildman–Crippen LogP) is -0.872. The number of carboxylic acid groups (broad SMARTS) is 1. The molecule has 5 N–H and O–H groups in total. The van der Waals surface area contributed by atoms with Gasteiger partial charge in [-0.1, -0.05) is 6.42 Å². The molecule has 0 fully saturated rings. The molecule has 114 valence electrons. The van der Waals surface area contributed by atoms with Gasteiger partial charge in [0.2, 0.25) is 17.7 Å². The lowest BCUT2D eigenvalue weighted by Crippen LogP contribution is -2.45. The smallest absolute Gasteiger partial charge is 0.305 e. The van der Waals surface area contributed by atoms with Crippen LogP contribution in [0.1, 0.15) is 39.0 Å². The average Bonchev–Trinajstić information content (AvgIpc) is 2.31. The first-order valence-corrected chi connectivity index (χ1v) is 6.38. The van der Waals surface area contributed by atoms with E-state index in [9.17, 15) is 19.2 Å². The van der Waals surface area contributed by atoms with Crippen molar-refractivity contribution < 1.29 is 24.3 Å². The maximum atomic E-state index is 11.5. The number of carbonyl (C=O) groups is 4. The van der Waals surface area contributed by atoms with E-state index in [2.05, 4.69) is 10.6 Å². The molecular weight excluding hydrogens is 266 g/mol. The van der Waals surface area contributed by atoms with E-state index in [1.165, 1.54) is 6.92 Å². The number of carbonyl (C=O) groups excluding carboxylic acids is 3. The van der Waals surface area contributed by atoms with E-state index in [1.807, 2.05) is 0 Å². The van der Waals surface area contributed by atoms with Crippen LogP contribution in [0.3, 0.4) is 0 Å². The number of primary amides is 1. The third kappa shape index (κ3) is 9.86. The summed E-state index contributed by atoms with van der Waals surface area (Å²) in [6, 6.07) is -1.18. The van der Waals surface area contributed by atoms with Crippen molar-refractivity contribution in [2.75, 3.05) is 6.54 Å². The predicted molar refractivity (Wildman–Crippen MR) is 70.5 cm³/mol. The zero-order valence-electron chi connectivity index (χ0n) is 11.5. The van der Waals surface area contributed by atoms with Crippen LogP contribution in [0.25, 0.3) is 0 Å². The standard InChI is InChI=1S/C12H21N3O5/c1-8(16)14-6-4-2-3-5-10(17)15-9(12(13)20)7-11(18)19/h9H,2-7H2,1H3,(H2,13,20)(H,14,16)(H,15,17)(H,18,19)/t9-/m0/s1. The highest BCUT2D eigenvalue weighted by Gasteiger charge is 2.20. The molecule has 0 heterocycles. The van der Waals surface area contributed by atoms with E-state index in [1.54, 1.807) is 0 Å². The molecule has 0 aromatic carbocycles. The van der Waals surface area contributed by atoms with Gasteiger partial charge in [-0.05, 0) is 12.8 Å². The number of amides is 3. The summed E-state index contributed by atoms with van der Waals surface area (Å²) < 4.78 is 0. The second kappa shape index (κ2) is 9.76. The van der Waals surface area contributed by atoms with Crippen LogP contribution in [0.2, 0.25) is 0 Å². The van der Waals surface area contributed by atoms with Crippen molar-refractivity contribution in [3.8, 4) is 0 Å². The summed E-state index contributed by atoms with van der Waals surface area (Å²) in [5.41, 5.74) is 5.00. The minimum absolute atomic E-state index is 0.0966. The largest absolute Gasteiger partial charge is 0.481 e. The van der Waals surface area contributed by atoms with Crippen LogP contribution >= 0.6 is 0 Å². The van der Waals surface area contributed by atoms with Crippen LogP contribution in [-0.2, 0) is 19.2 Å². The van der Waals surface area contributed by atoms with Crippen molar-refractivity contribution in [2.24, 2.45) is 5.73 Å². The highest BCUT2D eigenvalue weighted by molar-refractivity contribution is 5.89. The molecule has 0 aliphatic carbocycles. The van der Waals surface area contributed by atoms with Crippen LogP contribution in [-0.4, -0.2) is 41.4 Å². The van der Waals surface area contributed by atoms with Crippen molar-refractivity contribution in [1.29, 1.82) is 0 Å². The summed E-state index contributed by atoms with van der Waals surface area (Å²) in [7, 11) is 0. The molecule has 8 heteroatoms. The van der Waals surface area contributed by atoms with Gasteiger partial charge in [0.15, 0.2) is 0 Å². The fraction of sp³-hybridized carbons (Fsp3) is 0.667. The Hall–Kier alpha value is -2.12. The van der Waals surface area contributed by atoms with Gasteiger partial charge in [0.05, 0.1) is 6.42 Å². The first-order chi connectivity index (χ1) is 9.32. The summed E-state index contributed by atoms with van der Waals surface area (Å²) in [4.78, 5) is 43.5. The summed E-state index contributed by atoms with van der Waals surface area (Å²) in [5, 5.41) is 13.5. The van der Waals surface area contributed by atoms with Crippen molar-refractivity contribution in [1.82, 2.24) is 10.6 Å². The highest BCUT2D eigenvalue weighted by Crippen LogP contribution is 2.00. The average molecular weight is 287 g/mol. The van der Waals surface area contributed by atoms with Crippen molar-refractivity contribution in [2.45, 2.75) is 45.1 Å². The lowest BCUT2D eigenvalue weighted by Gasteiger charge is -2.13. The van der Waals surface area contributed by atoms with Crippen LogP contribution in [0, 0.1) is 0 Å². The number of nitrogens with two attached hydrogens (primary N) is 1. The SMILES string of the molecule is CC(=O)NCCCCCC(=O)N[C@@H](CC(=O)O)C(N)=O. The molecule has 0 aromatic heterocycles. The number of aliphatic carboxylic acids is 1. The number of nitrogens with one attached hydrogen (secondary N) is 2. The number of carboxylic acids is 1. The van der Waals surface area contributed by atoms with Crippen molar-refractivity contribution in [3.05, 3.63) is 0 Å². The topological polar surface area (TPSA) is 139 Å². The molecular formula is C12H21N3O5. The molecule has 0 aromatic rings. The van der Waals surface area contributed by atoms with Crippen LogP contribution in [0.5, 0.6) is 0 Å². The molecule has 3 amide bonds. The second-order valence-corrected chi connectivity index (χ2v) is 4.41. The fourth-order valence-corrected chi connectivity index (χ4v) is 1.52. The van der Waals surface area contributed by atoms with Gasteiger partial charge in [-0.3, -0.25) is 19.2 Å². The molecule has 0 saturated heterocycles. The van der Waals surface area contributed by atoms with E-state index in [-0.39, 0.29) is 12.3 Å². The Kier molecular flexibility index (Phi) is 8.73. The second-order valence-electron chi connectivity index (χ2n) is 4.41. The van der Waals surface area contributed by atoms with Gasteiger partial charge in [0.25, 0.3) is 0 Å². The molecule has 8 nitrogen and oxygen atoms in total. The third-order valence-corrected chi connectivity index (χ3v) is 2.51. The Morgan fingerprint density at radius 2 is 1.80 bits per heavy atom. The highest BCUT2D eigenvalue weighted by atomic mass is 16.4. The summed E-state index contributed by atoms with van der Waals surface area (Å²) in [6.45, 7) is 1.99. The number of hydrogen-bond donors (Lipinski definition) is 4. The van der Waals surface area contributed by atoms with E-state index >= 15 is 0 Å². The molecule has 0 aliphatic rings. The van der Waals surface area contributed by atoms with Crippen LogP contribution < -0.4 is 16.4 Å². The van der Waals surface area contributed by atoms with E-state index in [4.69, 9.17) is 10.8 Å². The first kappa shape index (κ1) is 17.9. The minimum Gasteiger partial charge on any atom is -0.481 e. The zero-order chi connectivity index (χ0) is 15.5. The molecule has 0 unspecified atom stereocenters. The molecule has 0 radical (unpaired) electrons. The zero-order valence-corrected chi connectivity index (χ0v) is 11.5. The Labute approximate surface area is 117 Å². The molecule has 0 aliphatic heterocycles. The maximum absolute atomic E-state index is 11.5. The molecule has 0 saturated carbocycles.